The number of likely N-dealkylation sites (N-methyl/N-ethyl adjacent to an activating group) is 1. The maximum absolute atomic E-state index is 12.7. The van der Waals surface area contributed by atoms with Crippen molar-refractivity contribution >= 4 is 11.9 Å². The zero-order valence-corrected chi connectivity index (χ0v) is 13.0. The number of hydrogen-bond donors (Lipinski definition) is 1. The van der Waals surface area contributed by atoms with Crippen LogP contribution in [0.3, 0.4) is 0 Å². The number of rotatable bonds is 2. The quantitative estimate of drug-likeness (QED) is 0.829. The Morgan fingerprint density at radius 2 is 1.65 bits per heavy atom. The third kappa shape index (κ3) is 2.22. The fourth-order valence-electron chi connectivity index (χ4n) is 3.56. The van der Waals surface area contributed by atoms with Crippen LogP contribution in [0.1, 0.15) is 33.6 Å². The summed E-state index contributed by atoms with van der Waals surface area (Å²) in [4.78, 5) is 28.5. The Bertz CT molecular complexity index is 413. The predicted octanol–water partition coefficient (Wildman–Crippen LogP) is 1.29. The first-order chi connectivity index (χ1) is 9.20. The molecule has 20 heavy (non-hydrogen) atoms. The van der Waals surface area contributed by atoms with E-state index < -0.39 is 16.8 Å². The van der Waals surface area contributed by atoms with Crippen molar-refractivity contribution in [2.75, 3.05) is 33.2 Å². The number of carboxylic acids is 1. The summed E-state index contributed by atoms with van der Waals surface area (Å²) in [6, 6.07) is 0. The number of hydrogen-bond acceptors (Lipinski definition) is 3. The average Bonchev–Trinajstić information content (AvgIpc) is 2.62. The van der Waals surface area contributed by atoms with Gasteiger partial charge in [-0.15, -0.1) is 0 Å². The van der Waals surface area contributed by atoms with E-state index in [1.807, 2.05) is 18.7 Å². The highest BCUT2D eigenvalue weighted by atomic mass is 16.4. The SMILES string of the molecule is CN1CCN(C(=O)[C@H]2CC[C@@](C)(C(=O)O)C2(C)C)CC1. The van der Waals surface area contributed by atoms with Crippen LogP contribution in [0.4, 0.5) is 0 Å². The minimum Gasteiger partial charge on any atom is -0.481 e. The standard InChI is InChI=1S/C15H26N2O3/c1-14(2)11(5-6-15(14,3)13(19)20)12(18)17-9-7-16(4)8-10-17/h11H,5-10H2,1-4H3,(H,19,20)/t11-,15+/m1/s1. The van der Waals surface area contributed by atoms with Crippen molar-refractivity contribution in [2.45, 2.75) is 33.6 Å². The minimum absolute atomic E-state index is 0.146. The summed E-state index contributed by atoms with van der Waals surface area (Å²) in [5.41, 5.74) is -1.31. The highest BCUT2D eigenvalue weighted by Crippen LogP contribution is 2.56. The number of amides is 1. The highest BCUT2D eigenvalue weighted by molar-refractivity contribution is 5.84. The molecule has 1 heterocycles. The van der Waals surface area contributed by atoms with E-state index in [1.54, 1.807) is 6.92 Å². The van der Waals surface area contributed by atoms with E-state index in [1.165, 1.54) is 0 Å². The second kappa shape index (κ2) is 5.02. The maximum Gasteiger partial charge on any atom is 0.309 e. The van der Waals surface area contributed by atoms with E-state index in [0.717, 1.165) is 26.2 Å². The number of piperazine rings is 1. The highest BCUT2D eigenvalue weighted by Gasteiger charge is 2.58. The molecule has 1 N–H and O–H groups in total. The van der Waals surface area contributed by atoms with Gasteiger partial charge in [0, 0.05) is 32.1 Å². The zero-order chi connectivity index (χ0) is 15.1. The van der Waals surface area contributed by atoms with Gasteiger partial charge in [-0.1, -0.05) is 13.8 Å². The van der Waals surface area contributed by atoms with Crippen LogP contribution in [-0.4, -0.2) is 60.0 Å². The van der Waals surface area contributed by atoms with E-state index in [2.05, 4.69) is 11.9 Å². The maximum atomic E-state index is 12.7. The van der Waals surface area contributed by atoms with Gasteiger partial charge in [0.2, 0.25) is 5.91 Å². The van der Waals surface area contributed by atoms with Gasteiger partial charge in [0.05, 0.1) is 5.41 Å². The molecule has 114 valence electrons. The topological polar surface area (TPSA) is 60.9 Å². The van der Waals surface area contributed by atoms with Gasteiger partial charge in [-0.25, -0.2) is 0 Å². The molecule has 0 radical (unpaired) electrons. The molecule has 0 spiro atoms. The van der Waals surface area contributed by atoms with E-state index in [9.17, 15) is 14.7 Å². The molecule has 2 rings (SSSR count). The van der Waals surface area contributed by atoms with Crippen LogP contribution in [0, 0.1) is 16.7 Å². The van der Waals surface area contributed by atoms with Crippen LogP contribution < -0.4 is 0 Å². The lowest BCUT2D eigenvalue weighted by atomic mass is 9.65. The van der Waals surface area contributed by atoms with Crippen LogP contribution in [0.25, 0.3) is 0 Å². The fourth-order valence-corrected chi connectivity index (χ4v) is 3.56. The van der Waals surface area contributed by atoms with Crippen molar-refractivity contribution in [3.05, 3.63) is 0 Å². The van der Waals surface area contributed by atoms with Crippen molar-refractivity contribution in [1.82, 2.24) is 9.80 Å². The minimum atomic E-state index is -0.806. The monoisotopic (exact) mass is 282 g/mol. The van der Waals surface area contributed by atoms with Gasteiger partial charge >= 0.3 is 5.97 Å². The number of carbonyl (C=O) groups is 2. The number of nitrogens with zero attached hydrogens (tertiary/aromatic N) is 2. The van der Waals surface area contributed by atoms with Gasteiger partial charge in [0.1, 0.15) is 0 Å². The Balaban J connectivity index is 2.14. The molecule has 2 fully saturated rings. The van der Waals surface area contributed by atoms with Crippen molar-refractivity contribution in [1.29, 1.82) is 0 Å². The summed E-state index contributed by atoms with van der Waals surface area (Å²) < 4.78 is 0. The molecule has 1 aliphatic heterocycles. The number of carbonyl (C=O) groups excluding carboxylic acids is 1. The summed E-state index contributed by atoms with van der Waals surface area (Å²) in [7, 11) is 2.06. The molecule has 2 aliphatic rings. The largest absolute Gasteiger partial charge is 0.481 e. The van der Waals surface area contributed by atoms with Gasteiger partial charge in [-0.3, -0.25) is 9.59 Å². The molecular formula is C15H26N2O3. The first-order valence-corrected chi connectivity index (χ1v) is 7.41. The van der Waals surface area contributed by atoms with E-state index >= 15 is 0 Å². The Morgan fingerprint density at radius 3 is 2.10 bits per heavy atom. The normalized spacial score (nSPS) is 34.2. The second-order valence-electron chi connectivity index (χ2n) is 7.08. The smallest absolute Gasteiger partial charge is 0.309 e. The van der Waals surface area contributed by atoms with Gasteiger partial charge < -0.3 is 14.9 Å². The average molecular weight is 282 g/mol. The fraction of sp³-hybridized carbons (Fsp3) is 0.867. The summed E-state index contributed by atoms with van der Waals surface area (Å²) in [5.74, 6) is -0.809. The van der Waals surface area contributed by atoms with Crippen LogP contribution in [0.2, 0.25) is 0 Å². The summed E-state index contributed by atoms with van der Waals surface area (Å²) in [5, 5.41) is 9.52. The molecule has 0 aromatic heterocycles. The first kappa shape index (κ1) is 15.3. The van der Waals surface area contributed by atoms with E-state index in [0.29, 0.717) is 12.8 Å². The van der Waals surface area contributed by atoms with Crippen molar-refractivity contribution in [3.8, 4) is 0 Å². The molecule has 0 aromatic carbocycles. The van der Waals surface area contributed by atoms with Crippen molar-refractivity contribution in [3.63, 3.8) is 0 Å². The predicted molar refractivity (Wildman–Crippen MR) is 76.3 cm³/mol. The summed E-state index contributed by atoms with van der Waals surface area (Å²) in [6.07, 6.45) is 1.26. The lowest BCUT2D eigenvalue weighted by molar-refractivity contribution is -0.156. The first-order valence-electron chi connectivity index (χ1n) is 7.41. The van der Waals surface area contributed by atoms with Crippen LogP contribution in [-0.2, 0) is 9.59 Å². The van der Waals surface area contributed by atoms with Crippen LogP contribution in [0.15, 0.2) is 0 Å². The molecule has 5 heteroatoms. The third-order valence-corrected chi connectivity index (χ3v) is 5.81. The van der Waals surface area contributed by atoms with Gasteiger partial charge in [0.15, 0.2) is 0 Å². The molecule has 0 unspecified atom stereocenters. The lowest BCUT2D eigenvalue weighted by Gasteiger charge is -2.41. The molecule has 2 atom stereocenters. The molecule has 1 saturated carbocycles. The summed E-state index contributed by atoms with van der Waals surface area (Å²) >= 11 is 0. The van der Waals surface area contributed by atoms with Crippen molar-refractivity contribution < 1.29 is 14.7 Å². The molecule has 1 amide bonds. The number of carboxylic acid groups (broad SMARTS) is 1. The Hall–Kier alpha value is -1.10. The second-order valence-corrected chi connectivity index (χ2v) is 7.08. The number of aliphatic carboxylic acids is 1. The zero-order valence-electron chi connectivity index (χ0n) is 13.0. The molecule has 0 bridgehead atoms. The Morgan fingerprint density at radius 1 is 1.10 bits per heavy atom. The van der Waals surface area contributed by atoms with Crippen molar-refractivity contribution in [2.24, 2.45) is 16.7 Å². The van der Waals surface area contributed by atoms with E-state index in [-0.39, 0.29) is 11.8 Å². The molecule has 0 aromatic rings. The van der Waals surface area contributed by atoms with Gasteiger partial charge in [0.25, 0.3) is 0 Å². The molecule has 1 aliphatic carbocycles. The Labute approximate surface area is 120 Å². The third-order valence-electron chi connectivity index (χ3n) is 5.81. The summed E-state index contributed by atoms with van der Waals surface area (Å²) in [6.45, 7) is 8.97. The van der Waals surface area contributed by atoms with Gasteiger partial charge in [-0.05, 0) is 32.2 Å². The molecular weight excluding hydrogens is 256 g/mol. The Kier molecular flexibility index (Phi) is 3.84. The van der Waals surface area contributed by atoms with Crippen LogP contribution >= 0.6 is 0 Å². The lowest BCUT2D eigenvalue weighted by Crippen LogP contribution is -2.52. The van der Waals surface area contributed by atoms with E-state index in [4.69, 9.17) is 0 Å². The van der Waals surface area contributed by atoms with Crippen LogP contribution in [0.5, 0.6) is 0 Å². The molecule has 5 nitrogen and oxygen atoms in total. The molecule has 1 saturated heterocycles. The van der Waals surface area contributed by atoms with Gasteiger partial charge in [-0.2, -0.15) is 0 Å².